The van der Waals surface area contributed by atoms with E-state index in [0.29, 0.717) is 33.0 Å². The number of halogens is 3. The van der Waals surface area contributed by atoms with Crippen LogP contribution in [0.1, 0.15) is 34.3 Å². The summed E-state index contributed by atoms with van der Waals surface area (Å²) in [5.41, 5.74) is 2.21. The van der Waals surface area contributed by atoms with Gasteiger partial charge in [0.25, 0.3) is 0 Å². The number of nitrogens with zero attached hydrogens (tertiary/aromatic N) is 1. The molecule has 1 aliphatic rings. The van der Waals surface area contributed by atoms with Gasteiger partial charge in [0, 0.05) is 22.0 Å². The molecule has 9 heteroatoms. The third-order valence-corrected chi connectivity index (χ3v) is 10.1. The van der Waals surface area contributed by atoms with Crippen molar-refractivity contribution in [2.24, 2.45) is 5.92 Å². The highest BCUT2D eigenvalue weighted by atomic mass is 79.9. The van der Waals surface area contributed by atoms with Gasteiger partial charge in [-0.2, -0.15) is 4.31 Å². The monoisotopic (exact) mass is 639 g/mol. The molecule has 0 N–H and O–H groups in total. The van der Waals surface area contributed by atoms with Crippen molar-refractivity contribution < 1.29 is 17.9 Å². The van der Waals surface area contributed by atoms with Crippen LogP contribution in [0.5, 0.6) is 0 Å². The van der Waals surface area contributed by atoms with Gasteiger partial charge in [0.2, 0.25) is 10.0 Å². The van der Waals surface area contributed by atoms with E-state index >= 15 is 0 Å². The van der Waals surface area contributed by atoms with Gasteiger partial charge < -0.3 is 4.74 Å². The largest absolute Gasteiger partial charge is 0.457 e. The van der Waals surface area contributed by atoms with Crippen LogP contribution in [0, 0.1) is 5.92 Å². The number of carbonyl (C=O) groups excluding carboxylic acids is 1. The number of sulfonamides is 1. The lowest BCUT2D eigenvalue weighted by Gasteiger charge is -2.31. The predicted molar refractivity (Wildman–Crippen MR) is 144 cm³/mol. The van der Waals surface area contributed by atoms with Crippen LogP contribution in [0.15, 0.2) is 80.6 Å². The lowest BCUT2D eigenvalue weighted by molar-refractivity contribution is 0.0472. The molecule has 184 valence electrons. The van der Waals surface area contributed by atoms with Crippen molar-refractivity contribution in [3.63, 3.8) is 0 Å². The molecule has 1 saturated heterocycles. The molecule has 4 rings (SSSR count). The molecule has 0 atom stereocenters. The minimum atomic E-state index is -3.70. The van der Waals surface area contributed by atoms with E-state index in [9.17, 15) is 13.2 Å². The topological polar surface area (TPSA) is 63.7 Å². The van der Waals surface area contributed by atoms with Crippen LogP contribution in [0.2, 0.25) is 5.02 Å². The average Bonchev–Trinajstić information content (AvgIpc) is 2.86. The van der Waals surface area contributed by atoms with Crippen LogP contribution in [-0.4, -0.2) is 31.8 Å². The van der Waals surface area contributed by atoms with Crippen LogP contribution >= 0.6 is 43.5 Å². The Hall–Kier alpha value is -1.71. The molecule has 0 bridgehead atoms. The number of hydrogen-bond acceptors (Lipinski definition) is 4. The van der Waals surface area contributed by atoms with Crippen molar-refractivity contribution >= 4 is 59.5 Å². The molecule has 0 unspecified atom stereocenters. The Morgan fingerprint density at radius 2 is 1.60 bits per heavy atom. The first kappa shape index (κ1) is 26.4. The zero-order chi connectivity index (χ0) is 25.0. The molecule has 3 aromatic rings. The minimum absolute atomic E-state index is 0.0269. The van der Waals surface area contributed by atoms with Crippen molar-refractivity contribution in [3.05, 3.63) is 97.4 Å². The second-order valence-electron chi connectivity index (χ2n) is 8.51. The lowest BCUT2D eigenvalue weighted by atomic mass is 9.91. The highest BCUT2D eigenvalue weighted by Crippen LogP contribution is 2.32. The van der Waals surface area contributed by atoms with Crippen molar-refractivity contribution in [2.45, 2.75) is 30.8 Å². The Morgan fingerprint density at radius 1 is 0.943 bits per heavy atom. The highest BCUT2D eigenvalue weighted by molar-refractivity contribution is 9.11. The number of benzene rings is 3. The summed E-state index contributed by atoms with van der Waals surface area (Å²) < 4.78 is 34.8. The molecule has 1 heterocycles. The van der Waals surface area contributed by atoms with Gasteiger partial charge in [-0.05, 0) is 98.5 Å². The second-order valence-corrected chi connectivity index (χ2v) is 12.5. The Kier molecular flexibility index (Phi) is 8.71. The van der Waals surface area contributed by atoms with E-state index in [4.69, 9.17) is 16.3 Å². The summed E-state index contributed by atoms with van der Waals surface area (Å²) in [7, 11) is -3.70. The summed E-state index contributed by atoms with van der Waals surface area (Å²) >= 11 is 12.8. The molecule has 3 aromatic carbocycles. The Balaban J connectivity index is 1.39. The maximum atomic E-state index is 13.3. The fourth-order valence-corrected chi connectivity index (χ4v) is 7.06. The van der Waals surface area contributed by atoms with Gasteiger partial charge in [-0.15, -0.1) is 0 Å². The Morgan fingerprint density at radius 3 is 2.26 bits per heavy atom. The predicted octanol–water partition coefficient (Wildman–Crippen LogP) is 6.87. The molecule has 0 aromatic heterocycles. The quantitative estimate of drug-likeness (QED) is 0.209. The first-order valence-electron chi connectivity index (χ1n) is 11.2. The maximum Gasteiger partial charge on any atom is 0.338 e. The number of hydrogen-bond donors (Lipinski definition) is 0. The lowest BCUT2D eigenvalue weighted by Crippen LogP contribution is -2.38. The van der Waals surface area contributed by atoms with E-state index in [0.717, 1.165) is 24.8 Å². The highest BCUT2D eigenvalue weighted by Gasteiger charge is 2.30. The number of ether oxygens (including phenoxy) is 1. The standard InChI is InChI=1S/C26H24Br2ClNO4S/c27-23-14-20(15-24(28)25(23)29)17-34-26(31)21-7-4-8-22(16-21)35(32,33)30-11-9-19(10-12-30)13-18-5-2-1-3-6-18/h1-8,14-16,19H,9-13,17H2. The van der Waals surface area contributed by atoms with E-state index in [1.54, 1.807) is 24.3 Å². The summed E-state index contributed by atoms with van der Waals surface area (Å²) in [6, 6.07) is 19.8. The first-order valence-corrected chi connectivity index (χ1v) is 14.6. The minimum Gasteiger partial charge on any atom is -0.457 e. The molecule has 1 aliphatic heterocycles. The molecule has 1 fully saturated rings. The van der Waals surface area contributed by atoms with Gasteiger partial charge in [-0.25, -0.2) is 13.2 Å². The third-order valence-electron chi connectivity index (χ3n) is 6.06. The van der Waals surface area contributed by atoms with Crippen molar-refractivity contribution in [2.75, 3.05) is 13.1 Å². The Labute approximate surface area is 227 Å². The Bertz CT molecular complexity index is 1290. The number of esters is 1. The summed E-state index contributed by atoms with van der Waals surface area (Å²) in [6.45, 7) is 0.961. The van der Waals surface area contributed by atoms with Gasteiger partial charge in [0.05, 0.1) is 15.5 Å². The normalized spacial score (nSPS) is 15.2. The summed E-state index contributed by atoms with van der Waals surface area (Å²) in [4.78, 5) is 12.7. The van der Waals surface area contributed by atoms with Crippen molar-refractivity contribution in [1.29, 1.82) is 0 Å². The van der Waals surface area contributed by atoms with E-state index in [2.05, 4.69) is 44.0 Å². The van der Waals surface area contributed by atoms with E-state index < -0.39 is 16.0 Å². The van der Waals surface area contributed by atoms with Crippen LogP contribution in [0.25, 0.3) is 0 Å². The molecule has 0 saturated carbocycles. The van der Waals surface area contributed by atoms with E-state index in [1.165, 1.54) is 22.0 Å². The van der Waals surface area contributed by atoms with Crippen molar-refractivity contribution in [1.82, 2.24) is 4.31 Å². The fourth-order valence-electron chi connectivity index (χ4n) is 4.16. The first-order chi connectivity index (χ1) is 16.7. The SMILES string of the molecule is O=C(OCc1cc(Br)c(Cl)c(Br)c1)c1cccc(S(=O)(=O)N2CCC(Cc3ccccc3)CC2)c1. The maximum absolute atomic E-state index is 13.3. The summed E-state index contributed by atoms with van der Waals surface area (Å²) in [6.07, 6.45) is 2.57. The van der Waals surface area contributed by atoms with Crippen LogP contribution < -0.4 is 0 Å². The van der Waals surface area contributed by atoms with E-state index in [1.807, 2.05) is 18.2 Å². The molecule has 35 heavy (non-hydrogen) atoms. The molecular weight excluding hydrogens is 618 g/mol. The smallest absolute Gasteiger partial charge is 0.338 e. The molecule has 5 nitrogen and oxygen atoms in total. The fraction of sp³-hybridized carbons (Fsp3) is 0.269. The molecule has 0 amide bonds. The molecular formula is C26H24Br2ClNO4S. The number of rotatable bonds is 7. The molecule has 0 radical (unpaired) electrons. The zero-order valence-corrected chi connectivity index (χ0v) is 23.5. The van der Waals surface area contributed by atoms with Crippen LogP contribution in [-0.2, 0) is 27.8 Å². The average molecular weight is 642 g/mol. The molecule has 0 aliphatic carbocycles. The van der Waals surface area contributed by atoms with Gasteiger partial charge in [0.1, 0.15) is 6.61 Å². The van der Waals surface area contributed by atoms with Gasteiger partial charge >= 0.3 is 5.97 Å². The van der Waals surface area contributed by atoms with Crippen LogP contribution in [0.3, 0.4) is 0 Å². The zero-order valence-electron chi connectivity index (χ0n) is 18.8. The summed E-state index contributed by atoms with van der Waals surface area (Å²) in [5, 5.41) is 0.530. The number of piperidine rings is 1. The molecule has 0 spiro atoms. The van der Waals surface area contributed by atoms with Gasteiger partial charge in [-0.1, -0.05) is 48.0 Å². The third kappa shape index (κ3) is 6.54. The van der Waals surface area contributed by atoms with Gasteiger partial charge in [0.15, 0.2) is 0 Å². The van der Waals surface area contributed by atoms with Crippen molar-refractivity contribution in [3.8, 4) is 0 Å². The van der Waals surface area contributed by atoms with E-state index in [-0.39, 0.29) is 17.1 Å². The van der Waals surface area contributed by atoms with Crippen LogP contribution in [0.4, 0.5) is 0 Å². The van der Waals surface area contributed by atoms with Gasteiger partial charge in [-0.3, -0.25) is 0 Å². The number of carbonyl (C=O) groups is 1. The second kappa shape index (κ2) is 11.6. The summed E-state index contributed by atoms with van der Waals surface area (Å²) in [5.74, 6) is -0.135.